The van der Waals surface area contributed by atoms with E-state index in [1.54, 1.807) is 11.3 Å². The van der Waals surface area contributed by atoms with Crippen LogP contribution in [0.5, 0.6) is 0 Å². The quantitative estimate of drug-likeness (QED) is 0.680. The van der Waals surface area contributed by atoms with Crippen molar-refractivity contribution in [3.05, 3.63) is 63.7 Å². The largest absolute Gasteiger partial charge is 0.379 e. The minimum Gasteiger partial charge on any atom is -0.379 e. The molecule has 2 aromatic heterocycles. The Morgan fingerprint density at radius 2 is 1.85 bits per heavy atom. The Kier molecular flexibility index (Phi) is 5.20. The van der Waals surface area contributed by atoms with Crippen LogP contribution >= 0.6 is 11.3 Å². The number of morpholine rings is 1. The van der Waals surface area contributed by atoms with E-state index in [9.17, 15) is 0 Å². The molecule has 0 unspecified atom stereocenters. The van der Waals surface area contributed by atoms with Crippen LogP contribution in [0.2, 0.25) is 0 Å². The zero-order valence-electron chi connectivity index (χ0n) is 15.4. The van der Waals surface area contributed by atoms with Gasteiger partial charge < -0.3 is 9.30 Å². The highest BCUT2D eigenvalue weighted by Crippen LogP contribution is 2.29. The Balaban J connectivity index is 1.54. The minimum atomic E-state index is 0.832. The summed E-state index contributed by atoms with van der Waals surface area (Å²) in [4.78, 5) is 7.34. The summed E-state index contributed by atoms with van der Waals surface area (Å²) in [5.74, 6) is 0. The number of aromatic nitrogens is 2. The molecule has 136 valence electrons. The second kappa shape index (κ2) is 7.74. The molecule has 0 aliphatic carbocycles. The maximum Gasteiger partial charge on any atom is 0.107 e. The van der Waals surface area contributed by atoms with Crippen LogP contribution in [0.25, 0.3) is 11.3 Å². The van der Waals surface area contributed by atoms with E-state index in [1.165, 1.54) is 27.5 Å². The summed E-state index contributed by atoms with van der Waals surface area (Å²) in [5, 5.41) is 3.39. The van der Waals surface area contributed by atoms with Crippen LogP contribution in [0.3, 0.4) is 0 Å². The zero-order valence-corrected chi connectivity index (χ0v) is 16.3. The lowest BCUT2D eigenvalue weighted by molar-refractivity contribution is 0.0342. The van der Waals surface area contributed by atoms with Gasteiger partial charge in [0.25, 0.3) is 0 Å². The predicted octanol–water partition coefficient (Wildman–Crippen LogP) is 4.11. The number of ether oxygens (including phenoxy) is 1. The van der Waals surface area contributed by atoms with Crippen molar-refractivity contribution in [2.75, 3.05) is 26.3 Å². The SMILES string of the molecule is Cc1cc(-c2csc(CN3CCOCC3)n2)c(C)n1Cc1ccccc1. The molecule has 26 heavy (non-hydrogen) atoms. The van der Waals surface area contributed by atoms with Gasteiger partial charge in [0.2, 0.25) is 0 Å². The first-order valence-corrected chi connectivity index (χ1v) is 10.0. The van der Waals surface area contributed by atoms with Gasteiger partial charge >= 0.3 is 0 Å². The van der Waals surface area contributed by atoms with E-state index in [4.69, 9.17) is 9.72 Å². The number of benzene rings is 1. The lowest BCUT2D eigenvalue weighted by atomic mass is 10.2. The van der Waals surface area contributed by atoms with E-state index in [0.717, 1.165) is 45.1 Å². The van der Waals surface area contributed by atoms with Crippen molar-refractivity contribution in [1.29, 1.82) is 0 Å². The smallest absolute Gasteiger partial charge is 0.107 e. The molecule has 0 saturated carbocycles. The molecule has 1 fully saturated rings. The summed E-state index contributed by atoms with van der Waals surface area (Å²) in [6.07, 6.45) is 0. The molecule has 4 nitrogen and oxygen atoms in total. The maximum atomic E-state index is 5.43. The molecular weight excluding hydrogens is 342 g/mol. The first kappa shape index (κ1) is 17.5. The van der Waals surface area contributed by atoms with Crippen molar-refractivity contribution < 1.29 is 4.74 Å². The lowest BCUT2D eigenvalue weighted by Gasteiger charge is -2.25. The molecule has 4 rings (SSSR count). The van der Waals surface area contributed by atoms with E-state index in [-0.39, 0.29) is 0 Å². The molecule has 0 atom stereocenters. The summed E-state index contributed by atoms with van der Waals surface area (Å²) < 4.78 is 7.81. The van der Waals surface area contributed by atoms with Crippen molar-refractivity contribution in [2.24, 2.45) is 0 Å². The van der Waals surface area contributed by atoms with Crippen molar-refractivity contribution in [3.63, 3.8) is 0 Å². The molecule has 0 bridgehead atoms. The third-order valence-corrected chi connectivity index (χ3v) is 5.88. The highest BCUT2D eigenvalue weighted by atomic mass is 32.1. The molecular formula is C21H25N3OS. The van der Waals surface area contributed by atoms with Crippen molar-refractivity contribution >= 4 is 11.3 Å². The monoisotopic (exact) mass is 367 g/mol. The first-order chi connectivity index (χ1) is 12.7. The highest BCUT2D eigenvalue weighted by Gasteiger charge is 2.16. The zero-order chi connectivity index (χ0) is 17.9. The van der Waals surface area contributed by atoms with Gasteiger partial charge in [-0.15, -0.1) is 11.3 Å². The molecule has 1 aliphatic heterocycles. The number of hydrogen-bond donors (Lipinski definition) is 0. The molecule has 0 amide bonds. The number of rotatable bonds is 5. The number of nitrogens with zero attached hydrogens (tertiary/aromatic N) is 3. The van der Waals surface area contributed by atoms with Crippen LogP contribution in [0.1, 0.15) is 22.0 Å². The van der Waals surface area contributed by atoms with Gasteiger partial charge in [-0.2, -0.15) is 0 Å². The van der Waals surface area contributed by atoms with Crippen LogP contribution < -0.4 is 0 Å². The Hall–Kier alpha value is -1.95. The average Bonchev–Trinajstić information content (AvgIpc) is 3.23. The third kappa shape index (κ3) is 3.75. The number of hydrogen-bond acceptors (Lipinski definition) is 4. The fraction of sp³-hybridized carbons (Fsp3) is 0.381. The van der Waals surface area contributed by atoms with Gasteiger partial charge in [0.1, 0.15) is 5.01 Å². The molecule has 0 N–H and O–H groups in total. The Labute approximate surface area is 159 Å². The van der Waals surface area contributed by atoms with Gasteiger partial charge in [0.05, 0.1) is 25.5 Å². The molecule has 5 heteroatoms. The summed E-state index contributed by atoms with van der Waals surface area (Å²) in [6, 6.07) is 12.9. The van der Waals surface area contributed by atoms with Gasteiger partial charge in [-0.3, -0.25) is 4.90 Å². The number of aryl methyl sites for hydroxylation is 1. The lowest BCUT2D eigenvalue weighted by Crippen LogP contribution is -2.35. The third-order valence-electron chi connectivity index (χ3n) is 5.05. The van der Waals surface area contributed by atoms with E-state index >= 15 is 0 Å². The Morgan fingerprint density at radius 3 is 2.62 bits per heavy atom. The molecule has 1 saturated heterocycles. The molecule has 3 heterocycles. The van der Waals surface area contributed by atoms with E-state index in [0.29, 0.717) is 0 Å². The van der Waals surface area contributed by atoms with Crippen molar-refractivity contribution in [2.45, 2.75) is 26.9 Å². The topological polar surface area (TPSA) is 30.3 Å². The van der Waals surface area contributed by atoms with Crippen LogP contribution in [0.4, 0.5) is 0 Å². The van der Waals surface area contributed by atoms with Crippen molar-refractivity contribution in [1.82, 2.24) is 14.5 Å². The van der Waals surface area contributed by atoms with Gasteiger partial charge in [0, 0.05) is 42.0 Å². The molecule has 0 radical (unpaired) electrons. The summed E-state index contributed by atoms with van der Waals surface area (Å²) in [5.41, 5.74) is 6.25. The summed E-state index contributed by atoms with van der Waals surface area (Å²) in [6.45, 7) is 9.88. The standard InChI is InChI=1S/C21H25N3OS/c1-16-12-19(17(2)24(16)13-18-6-4-3-5-7-18)20-15-26-21(22-20)14-23-8-10-25-11-9-23/h3-7,12,15H,8-11,13-14H2,1-2H3. The van der Waals surface area contributed by atoms with Crippen LogP contribution in [-0.2, 0) is 17.8 Å². The average molecular weight is 368 g/mol. The van der Waals surface area contributed by atoms with Crippen LogP contribution in [0.15, 0.2) is 41.8 Å². The normalized spacial score (nSPS) is 15.5. The van der Waals surface area contributed by atoms with Crippen LogP contribution in [-0.4, -0.2) is 40.8 Å². The minimum absolute atomic E-state index is 0.832. The Morgan fingerprint density at radius 1 is 1.08 bits per heavy atom. The summed E-state index contributed by atoms with van der Waals surface area (Å²) in [7, 11) is 0. The van der Waals surface area contributed by atoms with Gasteiger partial charge in [0.15, 0.2) is 0 Å². The Bertz CT molecular complexity index is 863. The molecule has 0 spiro atoms. The molecule has 1 aromatic carbocycles. The fourth-order valence-corrected chi connectivity index (χ4v) is 4.36. The molecule has 3 aromatic rings. The van der Waals surface area contributed by atoms with E-state index in [1.807, 2.05) is 0 Å². The van der Waals surface area contributed by atoms with Gasteiger partial charge in [-0.1, -0.05) is 30.3 Å². The van der Waals surface area contributed by atoms with E-state index in [2.05, 4.69) is 65.1 Å². The first-order valence-electron chi connectivity index (χ1n) is 9.16. The highest BCUT2D eigenvalue weighted by molar-refractivity contribution is 7.09. The second-order valence-electron chi connectivity index (χ2n) is 6.87. The van der Waals surface area contributed by atoms with Gasteiger partial charge in [-0.05, 0) is 25.5 Å². The van der Waals surface area contributed by atoms with E-state index < -0.39 is 0 Å². The summed E-state index contributed by atoms with van der Waals surface area (Å²) >= 11 is 1.76. The van der Waals surface area contributed by atoms with Crippen LogP contribution in [0, 0.1) is 13.8 Å². The number of thiazole rings is 1. The second-order valence-corrected chi connectivity index (χ2v) is 7.81. The van der Waals surface area contributed by atoms with Crippen molar-refractivity contribution in [3.8, 4) is 11.3 Å². The van der Waals surface area contributed by atoms with Gasteiger partial charge in [-0.25, -0.2) is 4.98 Å². The maximum absolute atomic E-state index is 5.43. The fourth-order valence-electron chi connectivity index (χ4n) is 3.53. The molecule has 1 aliphatic rings. The predicted molar refractivity (Wildman–Crippen MR) is 107 cm³/mol.